The van der Waals surface area contributed by atoms with Gasteiger partial charge in [0, 0.05) is 11.3 Å². The van der Waals surface area contributed by atoms with Gasteiger partial charge in [-0.15, -0.1) is 0 Å². The number of pyridine rings is 1. The molecule has 24 heavy (non-hydrogen) atoms. The van der Waals surface area contributed by atoms with Gasteiger partial charge in [0.25, 0.3) is 0 Å². The summed E-state index contributed by atoms with van der Waals surface area (Å²) in [5, 5.41) is 0. The highest BCUT2D eigenvalue weighted by atomic mass is 16.3. The third-order valence-corrected chi connectivity index (χ3v) is 5.39. The minimum absolute atomic E-state index is 0.446. The minimum Gasteiger partial charge on any atom is -0.434 e. The fourth-order valence-corrected chi connectivity index (χ4v) is 3.68. The zero-order chi connectivity index (χ0) is 16.7. The maximum absolute atomic E-state index is 6.05. The quantitative estimate of drug-likeness (QED) is 0.631. The average Bonchev–Trinajstić information content (AvgIpc) is 3.04. The summed E-state index contributed by atoms with van der Waals surface area (Å²) in [6.07, 6.45) is 5.90. The SMILES string of the molecule is CCC(C)c1ccc2oc(-c3ccc(C)c4c3CCCC4)nc2n1. The second-order valence-corrected chi connectivity index (χ2v) is 6.98. The van der Waals surface area contributed by atoms with Gasteiger partial charge in [-0.1, -0.05) is 19.9 Å². The van der Waals surface area contributed by atoms with Crippen LogP contribution in [-0.4, -0.2) is 9.97 Å². The summed E-state index contributed by atoms with van der Waals surface area (Å²) in [7, 11) is 0. The molecule has 2 aromatic heterocycles. The van der Waals surface area contributed by atoms with Crippen molar-refractivity contribution in [2.75, 3.05) is 0 Å². The number of rotatable bonds is 3. The molecule has 3 nitrogen and oxygen atoms in total. The highest BCUT2D eigenvalue weighted by Gasteiger charge is 2.20. The van der Waals surface area contributed by atoms with Crippen LogP contribution in [0.5, 0.6) is 0 Å². The predicted molar refractivity (Wildman–Crippen MR) is 97.3 cm³/mol. The Morgan fingerprint density at radius 2 is 1.83 bits per heavy atom. The van der Waals surface area contributed by atoms with E-state index in [9.17, 15) is 0 Å². The molecule has 3 heteroatoms. The molecule has 3 aromatic rings. The molecule has 4 rings (SSSR count). The van der Waals surface area contributed by atoms with Crippen molar-refractivity contribution < 1.29 is 4.42 Å². The number of hydrogen-bond donors (Lipinski definition) is 0. The van der Waals surface area contributed by atoms with E-state index in [1.807, 2.05) is 6.07 Å². The van der Waals surface area contributed by atoms with Crippen LogP contribution in [0.2, 0.25) is 0 Å². The minimum atomic E-state index is 0.446. The number of fused-ring (bicyclic) bond motifs is 2. The first-order valence-electron chi connectivity index (χ1n) is 9.06. The number of benzene rings is 1. The van der Waals surface area contributed by atoms with Crippen molar-refractivity contribution in [1.29, 1.82) is 0 Å². The first-order valence-corrected chi connectivity index (χ1v) is 9.06. The lowest BCUT2D eigenvalue weighted by Gasteiger charge is -2.20. The van der Waals surface area contributed by atoms with Crippen molar-refractivity contribution in [2.24, 2.45) is 0 Å². The Hall–Kier alpha value is -2.16. The van der Waals surface area contributed by atoms with Gasteiger partial charge in [0.05, 0.1) is 0 Å². The van der Waals surface area contributed by atoms with E-state index in [-0.39, 0.29) is 0 Å². The van der Waals surface area contributed by atoms with Gasteiger partial charge in [0.2, 0.25) is 5.89 Å². The van der Waals surface area contributed by atoms with Crippen molar-refractivity contribution in [3.05, 3.63) is 46.6 Å². The van der Waals surface area contributed by atoms with E-state index in [2.05, 4.69) is 39.0 Å². The highest BCUT2D eigenvalue weighted by Crippen LogP contribution is 2.34. The summed E-state index contributed by atoms with van der Waals surface area (Å²) in [5.74, 6) is 1.17. The second kappa shape index (κ2) is 6.04. The molecule has 1 unspecified atom stereocenters. The molecule has 0 fully saturated rings. The van der Waals surface area contributed by atoms with Gasteiger partial charge >= 0.3 is 0 Å². The number of aromatic nitrogens is 2. The first kappa shape index (κ1) is 15.4. The summed E-state index contributed by atoms with van der Waals surface area (Å²) in [5.41, 5.74) is 8.07. The van der Waals surface area contributed by atoms with E-state index in [0.717, 1.165) is 41.2 Å². The Morgan fingerprint density at radius 1 is 1.04 bits per heavy atom. The molecule has 0 amide bonds. The summed E-state index contributed by atoms with van der Waals surface area (Å²) in [6, 6.07) is 8.45. The van der Waals surface area contributed by atoms with E-state index >= 15 is 0 Å². The van der Waals surface area contributed by atoms with Gasteiger partial charge in [0.15, 0.2) is 11.2 Å². The Morgan fingerprint density at radius 3 is 2.62 bits per heavy atom. The summed E-state index contributed by atoms with van der Waals surface area (Å²) < 4.78 is 6.05. The van der Waals surface area contributed by atoms with Crippen LogP contribution in [0, 0.1) is 6.92 Å². The molecule has 0 saturated heterocycles. The van der Waals surface area contributed by atoms with Crippen LogP contribution in [0.3, 0.4) is 0 Å². The van der Waals surface area contributed by atoms with Crippen LogP contribution in [0.25, 0.3) is 22.7 Å². The van der Waals surface area contributed by atoms with E-state index in [4.69, 9.17) is 14.4 Å². The molecule has 0 N–H and O–H groups in total. The zero-order valence-corrected chi connectivity index (χ0v) is 14.7. The molecule has 0 aliphatic heterocycles. The summed E-state index contributed by atoms with van der Waals surface area (Å²) >= 11 is 0. The van der Waals surface area contributed by atoms with Crippen LogP contribution < -0.4 is 0 Å². The molecule has 0 saturated carbocycles. The van der Waals surface area contributed by atoms with Crippen molar-refractivity contribution in [2.45, 2.75) is 58.8 Å². The standard InChI is InChI=1S/C21H24N2O/c1-4-13(2)18-11-12-19-20(22-18)23-21(24-19)17-10-9-14(3)15-7-5-6-8-16(15)17/h9-13H,4-8H2,1-3H3. The third-order valence-electron chi connectivity index (χ3n) is 5.39. The molecule has 1 aromatic carbocycles. The second-order valence-electron chi connectivity index (χ2n) is 6.98. The van der Waals surface area contributed by atoms with Crippen LogP contribution >= 0.6 is 0 Å². The van der Waals surface area contributed by atoms with Crippen molar-refractivity contribution in [1.82, 2.24) is 9.97 Å². The number of nitrogens with zero attached hydrogens (tertiary/aromatic N) is 2. The fourth-order valence-electron chi connectivity index (χ4n) is 3.68. The Balaban J connectivity index is 1.82. The normalized spacial score (nSPS) is 15.5. The van der Waals surface area contributed by atoms with Crippen LogP contribution in [0.4, 0.5) is 0 Å². The van der Waals surface area contributed by atoms with Gasteiger partial charge in [-0.25, -0.2) is 4.98 Å². The number of oxazole rings is 1. The molecule has 124 valence electrons. The maximum Gasteiger partial charge on any atom is 0.229 e. The Bertz CT molecular complexity index is 894. The first-order chi connectivity index (χ1) is 11.7. The van der Waals surface area contributed by atoms with Gasteiger partial charge in [0.1, 0.15) is 0 Å². The smallest absolute Gasteiger partial charge is 0.229 e. The van der Waals surface area contributed by atoms with Gasteiger partial charge in [-0.2, -0.15) is 4.98 Å². The molecule has 1 aliphatic rings. The van der Waals surface area contributed by atoms with Gasteiger partial charge < -0.3 is 4.42 Å². The maximum atomic E-state index is 6.05. The van der Waals surface area contributed by atoms with Gasteiger partial charge in [-0.3, -0.25) is 0 Å². The Kier molecular flexibility index (Phi) is 3.87. The van der Waals surface area contributed by atoms with E-state index < -0.39 is 0 Å². The molecule has 0 radical (unpaired) electrons. The van der Waals surface area contributed by atoms with Crippen LogP contribution in [0.1, 0.15) is 61.4 Å². The van der Waals surface area contributed by atoms with E-state index in [1.165, 1.54) is 36.0 Å². The predicted octanol–water partition coefficient (Wildman–Crippen LogP) is 5.59. The molecule has 1 atom stereocenters. The third kappa shape index (κ3) is 2.52. The lowest BCUT2D eigenvalue weighted by Crippen LogP contribution is -2.06. The van der Waals surface area contributed by atoms with Crippen LogP contribution in [-0.2, 0) is 12.8 Å². The molecule has 0 bridgehead atoms. The lowest BCUT2D eigenvalue weighted by molar-refractivity contribution is 0.614. The van der Waals surface area contributed by atoms with Crippen molar-refractivity contribution in [3.63, 3.8) is 0 Å². The van der Waals surface area contributed by atoms with Crippen molar-refractivity contribution >= 4 is 11.2 Å². The van der Waals surface area contributed by atoms with Crippen molar-refractivity contribution in [3.8, 4) is 11.5 Å². The van der Waals surface area contributed by atoms with Gasteiger partial charge in [-0.05, 0) is 79.8 Å². The lowest BCUT2D eigenvalue weighted by atomic mass is 9.85. The molecular formula is C21H24N2O. The number of hydrogen-bond acceptors (Lipinski definition) is 3. The summed E-state index contributed by atoms with van der Waals surface area (Å²) in [6.45, 7) is 6.59. The average molecular weight is 320 g/mol. The zero-order valence-electron chi connectivity index (χ0n) is 14.7. The fraction of sp³-hybridized carbons (Fsp3) is 0.429. The monoisotopic (exact) mass is 320 g/mol. The highest BCUT2D eigenvalue weighted by molar-refractivity contribution is 5.74. The molecule has 1 aliphatic carbocycles. The topological polar surface area (TPSA) is 38.9 Å². The molecule has 0 spiro atoms. The molecule has 2 heterocycles. The van der Waals surface area contributed by atoms with E-state index in [1.54, 1.807) is 0 Å². The van der Waals surface area contributed by atoms with Crippen LogP contribution in [0.15, 0.2) is 28.7 Å². The molecular weight excluding hydrogens is 296 g/mol. The Labute approximate surface area is 143 Å². The number of aryl methyl sites for hydroxylation is 1. The van der Waals surface area contributed by atoms with E-state index in [0.29, 0.717) is 5.92 Å². The summed E-state index contributed by atoms with van der Waals surface area (Å²) in [4.78, 5) is 9.44. The largest absolute Gasteiger partial charge is 0.434 e.